The van der Waals surface area contributed by atoms with Gasteiger partial charge in [-0.25, -0.2) is 4.98 Å². The van der Waals surface area contributed by atoms with E-state index in [0.717, 1.165) is 35.9 Å². The summed E-state index contributed by atoms with van der Waals surface area (Å²) in [5.41, 5.74) is 12.9. The summed E-state index contributed by atoms with van der Waals surface area (Å²) in [6.45, 7) is 0. The average Bonchev–Trinajstić information content (AvgIpc) is 3.03. The lowest BCUT2D eigenvalue weighted by atomic mass is 9.67. The standard InChI is InChI=1S/C15H16N6O2/c1-21-10-7-8(11-19-20-14(17)23-11)3-4-9(10)18-13(21)15(12(16)22)5-2-6-15/h3-4,7H,2,5-6H2,1H3,(H2,16,22)(H2,17,20). The Balaban J connectivity index is 1.87. The number of carbonyl (C=O) groups excluding carboxylic acids is 1. The third-order valence-corrected chi connectivity index (χ3v) is 4.68. The topological polar surface area (TPSA) is 126 Å². The minimum Gasteiger partial charge on any atom is -0.404 e. The van der Waals surface area contributed by atoms with Gasteiger partial charge in [0.05, 0.1) is 11.0 Å². The molecular formula is C15H16N6O2. The fourth-order valence-corrected chi connectivity index (χ4v) is 3.21. The zero-order valence-corrected chi connectivity index (χ0v) is 12.6. The van der Waals surface area contributed by atoms with Crippen molar-refractivity contribution in [3.8, 4) is 11.5 Å². The quantitative estimate of drug-likeness (QED) is 0.746. The Bertz CT molecular complexity index is 921. The highest BCUT2D eigenvalue weighted by atomic mass is 16.4. The molecule has 0 radical (unpaired) electrons. The lowest BCUT2D eigenvalue weighted by molar-refractivity contribution is -0.127. The summed E-state index contributed by atoms with van der Waals surface area (Å²) < 4.78 is 7.17. The van der Waals surface area contributed by atoms with Crippen molar-refractivity contribution >= 4 is 23.0 Å². The van der Waals surface area contributed by atoms with Crippen LogP contribution in [0.2, 0.25) is 0 Å². The predicted octanol–water partition coefficient (Wildman–Crippen LogP) is 1.11. The van der Waals surface area contributed by atoms with Crippen LogP contribution < -0.4 is 11.5 Å². The normalized spacial score (nSPS) is 16.4. The largest absolute Gasteiger partial charge is 0.404 e. The minimum absolute atomic E-state index is 0.0212. The monoisotopic (exact) mass is 312 g/mol. The van der Waals surface area contributed by atoms with Crippen LogP contribution in [-0.2, 0) is 17.3 Å². The molecule has 118 valence electrons. The van der Waals surface area contributed by atoms with E-state index in [1.165, 1.54) is 0 Å². The molecule has 4 N–H and O–H groups in total. The van der Waals surface area contributed by atoms with Crippen molar-refractivity contribution in [3.63, 3.8) is 0 Å². The molecule has 0 aliphatic heterocycles. The molecule has 1 aliphatic carbocycles. The Morgan fingerprint density at radius 3 is 2.70 bits per heavy atom. The van der Waals surface area contributed by atoms with Crippen molar-refractivity contribution in [2.75, 3.05) is 5.73 Å². The number of aryl methyl sites for hydroxylation is 1. The van der Waals surface area contributed by atoms with Crippen molar-refractivity contribution in [1.82, 2.24) is 19.7 Å². The number of nitrogens with zero attached hydrogens (tertiary/aromatic N) is 4. The van der Waals surface area contributed by atoms with Crippen molar-refractivity contribution in [2.24, 2.45) is 12.8 Å². The van der Waals surface area contributed by atoms with Crippen molar-refractivity contribution in [2.45, 2.75) is 24.7 Å². The first-order chi connectivity index (χ1) is 11.0. The van der Waals surface area contributed by atoms with Crippen LogP contribution in [0.15, 0.2) is 22.6 Å². The summed E-state index contributed by atoms with van der Waals surface area (Å²) in [6, 6.07) is 5.62. The van der Waals surface area contributed by atoms with Crippen molar-refractivity contribution in [3.05, 3.63) is 24.0 Å². The van der Waals surface area contributed by atoms with E-state index in [0.29, 0.717) is 11.7 Å². The predicted molar refractivity (Wildman–Crippen MR) is 83.1 cm³/mol. The first kappa shape index (κ1) is 13.7. The summed E-state index contributed by atoms with van der Waals surface area (Å²) in [4.78, 5) is 16.6. The van der Waals surface area contributed by atoms with Gasteiger partial charge in [-0.3, -0.25) is 4.79 Å². The van der Waals surface area contributed by atoms with E-state index in [2.05, 4.69) is 15.2 Å². The molecular weight excluding hydrogens is 296 g/mol. The number of fused-ring (bicyclic) bond motifs is 1. The van der Waals surface area contributed by atoms with E-state index in [-0.39, 0.29) is 11.9 Å². The second kappa shape index (κ2) is 4.55. The van der Waals surface area contributed by atoms with Gasteiger partial charge in [-0.2, -0.15) is 0 Å². The number of benzene rings is 1. The van der Waals surface area contributed by atoms with E-state index < -0.39 is 5.41 Å². The van der Waals surface area contributed by atoms with Gasteiger partial charge >= 0.3 is 6.01 Å². The minimum atomic E-state index is -0.650. The van der Waals surface area contributed by atoms with Gasteiger partial charge in [-0.15, -0.1) is 5.10 Å². The molecule has 0 bridgehead atoms. The number of carbonyl (C=O) groups is 1. The highest BCUT2D eigenvalue weighted by Crippen LogP contribution is 2.43. The second-order valence-corrected chi connectivity index (χ2v) is 5.94. The summed E-state index contributed by atoms with van der Waals surface area (Å²) in [5, 5.41) is 7.55. The molecule has 1 saturated carbocycles. The number of primary amides is 1. The number of nitrogens with two attached hydrogens (primary N) is 2. The lowest BCUT2D eigenvalue weighted by Gasteiger charge is -2.37. The van der Waals surface area contributed by atoms with Gasteiger partial charge in [-0.05, 0) is 31.0 Å². The Kier molecular flexibility index (Phi) is 2.72. The van der Waals surface area contributed by atoms with Crippen LogP contribution >= 0.6 is 0 Å². The third-order valence-electron chi connectivity index (χ3n) is 4.68. The third kappa shape index (κ3) is 1.84. The second-order valence-electron chi connectivity index (χ2n) is 5.94. The lowest BCUT2D eigenvalue weighted by Crippen LogP contribution is -2.48. The molecule has 8 nitrogen and oxygen atoms in total. The molecule has 0 unspecified atom stereocenters. The molecule has 2 aromatic heterocycles. The van der Waals surface area contributed by atoms with Crippen molar-refractivity contribution in [1.29, 1.82) is 0 Å². The SMILES string of the molecule is Cn1c(C2(C(N)=O)CCC2)nc2ccc(-c3nnc(N)o3)cc21. The fraction of sp³-hybridized carbons (Fsp3) is 0.333. The van der Waals surface area contributed by atoms with Crippen LogP contribution in [0.3, 0.4) is 0 Å². The Morgan fingerprint density at radius 2 is 2.13 bits per heavy atom. The highest BCUT2D eigenvalue weighted by molar-refractivity contribution is 5.89. The molecule has 1 aliphatic rings. The van der Waals surface area contributed by atoms with E-state index in [9.17, 15) is 4.79 Å². The maximum absolute atomic E-state index is 11.9. The van der Waals surface area contributed by atoms with Crippen LogP contribution in [0.25, 0.3) is 22.5 Å². The zero-order chi connectivity index (χ0) is 16.2. The van der Waals surface area contributed by atoms with Gasteiger partial charge < -0.3 is 20.5 Å². The van der Waals surface area contributed by atoms with Crippen LogP contribution in [0.5, 0.6) is 0 Å². The van der Waals surface area contributed by atoms with Crippen molar-refractivity contribution < 1.29 is 9.21 Å². The van der Waals surface area contributed by atoms with Crippen LogP contribution in [0, 0.1) is 0 Å². The Labute approximate surface area is 131 Å². The molecule has 1 aromatic carbocycles. The fourth-order valence-electron chi connectivity index (χ4n) is 3.21. The molecule has 0 atom stereocenters. The number of imidazole rings is 1. The molecule has 8 heteroatoms. The van der Waals surface area contributed by atoms with Gasteiger partial charge in [-0.1, -0.05) is 11.5 Å². The number of hydrogen-bond acceptors (Lipinski definition) is 6. The Hall–Kier alpha value is -2.90. The summed E-state index contributed by atoms with van der Waals surface area (Å²) >= 11 is 0. The molecule has 3 aromatic rings. The molecule has 23 heavy (non-hydrogen) atoms. The van der Waals surface area contributed by atoms with E-state index in [1.54, 1.807) is 0 Å². The number of anilines is 1. The van der Waals surface area contributed by atoms with Crippen LogP contribution in [0.1, 0.15) is 25.1 Å². The number of rotatable bonds is 3. The number of amides is 1. The first-order valence-electron chi connectivity index (χ1n) is 7.37. The van der Waals surface area contributed by atoms with E-state index >= 15 is 0 Å². The van der Waals surface area contributed by atoms with Gasteiger partial charge in [0.1, 0.15) is 11.2 Å². The van der Waals surface area contributed by atoms with Crippen LogP contribution in [0.4, 0.5) is 6.01 Å². The van der Waals surface area contributed by atoms with Gasteiger partial charge in [0.25, 0.3) is 0 Å². The van der Waals surface area contributed by atoms with E-state index in [1.807, 2.05) is 29.8 Å². The number of nitrogen functional groups attached to an aromatic ring is 1. The van der Waals surface area contributed by atoms with Gasteiger partial charge in [0, 0.05) is 12.6 Å². The number of aromatic nitrogens is 4. The zero-order valence-electron chi connectivity index (χ0n) is 12.6. The average molecular weight is 312 g/mol. The molecule has 1 fully saturated rings. The molecule has 1 amide bonds. The summed E-state index contributed by atoms with van der Waals surface area (Å²) in [7, 11) is 1.89. The van der Waals surface area contributed by atoms with Gasteiger partial charge in [0.2, 0.25) is 11.8 Å². The molecule has 0 saturated heterocycles. The maximum Gasteiger partial charge on any atom is 0.313 e. The Morgan fingerprint density at radius 1 is 1.35 bits per heavy atom. The summed E-state index contributed by atoms with van der Waals surface area (Å²) in [6.07, 6.45) is 2.47. The van der Waals surface area contributed by atoms with E-state index in [4.69, 9.17) is 15.9 Å². The van der Waals surface area contributed by atoms with Crippen LogP contribution in [-0.4, -0.2) is 25.7 Å². The highest BCUT2D eigenvalue weighted by Gasteiger charge is 2.47. The first-order valence-corrected chi connectivity index (χ1v) is 7.37. The maximum atomic E-state index is 11.9. The smallest absolute Gasteiger partial charge is 0.313 e. The number of hydrogen-bond donors (Lipinski definition) is 2. The van der Waals surface area contributed by atoms with Gasteiger partial charge in [0.15, 0.2) is 0 Å². The molecule has 4 rings (SSSR count). The molecule has 2 heterocycles. The summed E-state index contributed by atoms with van der Waals surface area (Å²) in [5.74, 6) is 0.751. The molecule has 0 spiro atoms.